The number of carbonyl (C=O) groups excluding carboxylic acids is 2. The number of esters is 1. The number of aryl methyl sites for hydroxylation is 1. The average Bonchev–Trinajstić information content (AvgIpc) is 2.54. The van der Waals surface area contributed by atoms with E-state index in [1.165, 1.54) is 0 Å². The molecule has 24 heavy (non-hydrogen) atoms. The van der Waals surface area contributed by atoms with Crippen molar-refractivity contribution in [2.45, 2.75) is 59.6 Å². The average molecular weight is 336 g/mol. The Morgan fingerprint density at radius 3 is 2.42 bits per heavy atom. The summed E-state index contributed by atoms with van der Waals surface area (Å²) in [7, 11) is 0. The number of aromatic nitrogens is 1. The molecule has 0 spiro atoms. The number of amides is 1. The zero-order valence-electron chi connectivity index (χ0n) is 15.2. The van der Waals surface area contributed by atoms with Gasteiger partial charge < -0.3 is 14.8 Å². The molecule has 0 aromatic carbocycles. The maximum atomic E-state index is 12.1. The van der Waals surface area contributed by atoms with E-state index in [2.05, 4.69) is 10.3 Å². The predicted molar refractivity (Wildman–Crippen MR) is 91.5 cm³/mol. The van der Waals surface area contributed by atoms with Crippen molar-refractivity contribution in [2.75, 3.05) is 6.61 Å². The molecule has 1 unspecified atom stereocenters. The highest BCUT2D eigenvalue weighted by molar-refractivity contribution is 5.81. The van der Waals surface area contributed by atoms with Crippen LogP contribution in [0.4, 0.5) is 4.79 Å². The van der Waals surface area contributed by atoms with E-state index >= 15 is 0 Å². The van der Waals surface area contributed by atoms with Crippen LogP contribution in [0.5, 0.6) is 0 Å². The predicted octanol–water partition coefficient (Wildman–Crippen LogP) is 3.41. The van der Waals surface area contributed by atoms with E-state index in [0.717, 1.165) is 12.0 Å². The van der Waals surface area contributed by atoms with E-state index < -0.39 is 24.2 Å². The van der Waals surface area contributed by atoms with Gasteiger partial charge in [-0.2, -0.15) is 0 Å². The van der Waals surface area contributed by atoms with E-state index in [4.69, 9.17) is 9.47 Å². The van der Waals surface area contributed by atoms with Gasteiger partial charge in [0.2, 0.25) is 0 Å². The van der Waals surface area contributed by atoms with Gasteiger partial charge in [0.15, 0.2) is 0 Å². The monoisotopic (exact) mass is 336 g/mol. The van der Waals surface area contributed by atoms with Gasteiger partial charge in [-0.1, -0.05) is 26.8 Å². The second-order valence-electron chi connectivity index (χ2n) is 6.07. The summed E-state index contributed by atoms with van der Waals surface area (Å²) in [4.78, 5) is 28.3. The van der Waals surface area contributed by atoms with E-state index in [9.17, 15) is 9.59 Å². The SMILES string of the molecule is CCOC(=O)[C@H](CC(C)C)NC(=O)OC(C)c1ccc(CC)cn1. The molecule has 0 fully saturated rings. The molecule has 1 amide bonds. The molecule has 0 saturated carbocycles. The highest BCUT2D eigenvalue weighted by Crippen LogP contribution is 2.15. The molecule has 0 aliphatic heterocycles. The van der Waals surface area contributed by atoms with Crippen LogP contribution in [-0.4, -0.2) is 29.7 Å². The van der Waals surface area contributed by atoms with Crippen LogP contribution >= 0.6 is 0 Å². The molecule has 1 rings (SSSR count). The van der Waals surface area contributed by atoms with E-state index in [0.29, 0.717) is 12.1 Å². The zero-order chi connectivity index (χ0) is 18.1. The fourth-order valence-corrected chi connectivity index (χ4v) is 2.21. The minimum atomic E-state index is -0.708. The van der Waals surface area contributed by atoms with Crippen molar-refractivity contribution in [3.63, 3.8) is 0 Å². The number of ether oxygens (including phenoxy) is 2. The number of pyridine rings is 1. The van der Waals surface area contributed by atoms with Crippen LogP contribution in [0.15, 0.2) is 18.3 Å². The number of hydrogen-bond donors (Lipinski definition) is 1. The minimum absolute atomic E-state index is 0.236. The second-order valence-corrected chi connectivity index (χ2v) is 6.07. The minimum Gasteiger partial charge on any atom is -0.464 e. The van der Waals surface area contributed by atoms with Crippen LogP contribution in [0.25, 0.3) is 0 Å². The lowest BCUT2D eigenvalue weighted by molar-refractivity contribution is -0.146. The smallest absolute Gasteiger partial charge is 0.408 e. The van der Waals surface area contributed by atoms with Crippen molar-refractivity contribution in [3.8, 4) is 0 Å². The van der Waals surface area contributed by atoms with Crippen molar-refractivity contribution < 1.29 is 19.1 Å². The molecule has 1 aromatic heterocycles. The van der Waals surface area contributed by atoms with Gasteiger partial charge in [-0.25, -0.2) is 9.59 Å². The van der Waals surface area contributed by atoms with Crippen molar-refractivity contribution in [3.05, 3.63) is 29.6 Å². The Labute approximate surface area is 143 Å². The van der Waals surface area contributed by atoms with Crippen LogP contribution in [-0.2, 0) is 20.7 Å². The third kappa shape index (κ3) is 6.56. The van der Waals surface area contributed by atoms with Gasteiger partial charge in [-0.15, -0.1) is 0 Å². The number of rotatable bonds is 8. The van der Waals surface area contributed by atoms with Gasteiger partial charge in [0.05, 0.1) is 12.3 Å². The molecule has 0 aliphatic carbocycles. The Morgan fingerprint density at radius 2 is 1.92 bits per heavy atom. The second kappa shape index (κ2) is 9.90. The van der Waals surface area contributed by atoms with Crippen LogP contribution in [0.2, 0.25) is 0 Å². The van der Waals surface area contributed by atoms with Crippen molar-refractivity contribution in [1.29, 1.82) is 0 Å². The Hall–Kier alpha value is -2.11. The number of nitrogens with one attached hydrogen (secondary N) is 1. The standard InChI is InChI=1S/C18H28N2O4/c1-6-14-8-9-15(19-11-14)13(5)24-18(22)20-16(10-12(3)4)17(21)23-7-2/h8-9,11-13,16H,6-7,10H2,1-5H3,(H,20,22)/t13?,16-/m0/s1. The molecule has 134 valence electrons. The Balaban J connectivity index is 2.64. The van der Waals surface area contributed by atoms with E-state index in [1.807, 2.05) is 32.9 Å². The van der Waals surface area contributed by atoms with Gasteiger partial charge >= 0.3 is 12.1 Å². The van der Waals surface area contributed by atoms with Gasteiger partial charge in [0.25, 0.3) is 0 Å². The van der Waals surface area contributed by atoms with Gasteiger partial charge in [0.1, 0.15) is 12.1 Å². The fraction of sp³-hybridized carbons (Fsp3) is 0.611. The first-order valence-electron chi connectivity index (χ1n) is 8.45. The van der Waals surface area contributed by atoms with Crippen molar-refractivity contribution in [2.24, 2.45) is 5.92 Å². The maximum absolute atomic E-state index is 12.1. The van der Waals surface area contributed by atoms with Crippen LogP contribution in [0, 0.1) is 5.92 Å². The van der Waals surface area contributed by atoms with Crippen LogP contribution in [0.3, 0.4) is 0 Å². The molecule has 0 saturated heterocycles. The summed E-state index contributed by atoms with van der Waals surface area (Å²) >= 11 is 0. The first-order valence-corrected chi connectivity index (χ1v) is 8.45. The Bertz CT molecular complexity index is 528. The summed E-state index contributed by atoms with van der Waals surface area (Å²) in [6.07, 6.45) is 2.01. The van der Waals surface area contributed by atoms with Crippen LogP contribution < -0.4 is 5.32 Å². The third-order valence-electron chi connectivity index (χ3n) is 3.53. The third-order valence-corrected chi connectivity index (χ3v) is 3.53. The quantitative estimate of drug-likeness (QED) is 0.736. The van der Waals surface area contributed by atoms with Gasteiger partial charge in [0, 0.05) is 6.20 Å². The van der Waals surface area contributed by atoms with Crippen molar-refractivity contribution >= 4 is 12.1 Å². The molecule has 1 aromatic rings. The molecule has 6 heteroatoms. The number of nitrogens with zero attached hydrogens (tertiary/aromatic N) is 1. The maximum Gasteiger partial charge on any atom is 0.408 e. The summed E-state index contributed by atoms with van der Waals surface area (Å²) in [5, 5.41) is 2.59. The molecule has 0 bridgehead atoms. The lowest BCUT2D eigenvalue weighted by atomic mass is 10.0. The lowest BCUT2D eigenvalue weighted by Gasteiger charge is -2.20. The normalized spacial score (nSPS) is 13.2. The molecule has 6 nitrogen and oxygen atoms in total. The molecule has 0 aliphatic rings. The summed E-state index contributed by atoms with van der Waals surface area (Å²) in [6.45, 7) is 9.75. The number of carbonyl (C=O) groups is 2. The zero-order valence-corrected chi connectivity index (χ0v) is 15.2. The molecular formula is C18H28N2O4. The van der Waals surface area contributed by atoms with Crippen molar-refractivity contribution in [1.82, 2.24) is 10.3 Å². The fourth-order valence-electron chi connectivity index (χ4n) is 2.21. The Kier molecular flexibility index (Phi) is 8.22. The van der Waals surface area contributed by atoms with E-state index in [1.54, 1.807) is 20.0 Å². The lowest BCUT2D eigenvalue weighted by Crippen LogP contribution is -2.43. The Morgan fingerprint density at radius 1 is 1.21 bits per heavy atom. The summed E-state index contributed by atoms with van der Waals surface area (Å²) in [5.74, 6) is -0.207. The van der Waals surface area contributed by atoms with Gasteiger partial charge in [-0.05, 0) is 44.2 Å². The van der Waals surface area contributed by atoms with Crippen LogP contribution in [0.1, 0.15) is 58.4 Å². The van der Waals surface area contributed by atoms with E-state index in [-0.39, 0.29) is 12.5 Å². The topological polar surface area (TPSA) is 77.5 Å². The largest absolute Gasteiger partial charge is 0.464 e. The highest BCUT2D eigenvalue weighted by atomic mass is 16.6. The number of hydrogen-bond acceptors (Lipinski definition) is 5. The summed E-state index contributed by atoms with van der Waals surface area (Å²) < 4.78 is 10.3. The first-order chi connectivity index (χ1) is 11.4. The summed E-state index contributed by atoms with van der Waals surface area (Å²) in [6, 6.07) is 3.09. The number of alkyl carbamates (subject to hydrolysis) is 1. The van der Waals surface area contributed by atoms with Gasteiger partial charge in [-0.3, -0.25) is 4.98 Å². The molecule has 1 N–H and O–H groups in total. The first kappa shape index (κ1) is 19.9. The summed E-state index contributed by atoms with van der Waals surface area (Å²) in [5.41, 5.74) is 1.79. The molecule has 2 atom stereocenters. The highest BCUT2D eigenvalue weighted by Gasteiger charge is 2.25. The molecule has 0 radical (unpaired) electrons. The molecule has 1 heterocycles. The molecular weight excluding hydrogens is 308 g/mol.